The first-order valence-corrected chi connectivity index (χ1v) is 18.7. The topological polar surface area (TPSA) is 38.7 Å². The highest BCUT2D eigenvalue weighted by Gasteiger charge is 2.23. The van der Waals surface area contributed by atoms with Gasteiger partial charge in [-0.1, -0.05) is 133 Å². The largest absolute Gasteiger partial charge is 0.264 e. The summed E-state index contributed by atoms with van der Waals surface area (Å²) in [6.45, 7) is 0. The molecule has 4 heteroatoms. The summed E-state index contributed by atoms with van der Waals surface area (Å²) in [4.78, 5) is 15.1. The molecule has 0 N–H and O–H groups in total. The molecule has 0 bridgehead atoms. The lowest BCUT2D eigenvalue weighted by Gasteiger charge is -2.14. The summed E-state index contributed by atoms with van der Waals surface area (Å²) in [5.41, 5.74) is 14.4. The molecule has 3 nitrogen and oxygen atoms in total. The van der Waals surface area contributed by atoms with Crippen LogP contribution in [-0.2, 0) is 0 Å². The standard InChI is InChI=1S/C49H29N3S/c1-4-14-42(34(10-1)33-9-8-26-50-29-33)49-51-44(31-20-18-30(19-21-31)32-22-25-47-43(27-32)38-13-5-6-17-46(38)53-47)28-45(52-49)37-23-24-41-36-12-3-2-11-35(36)39-15-7-16-40(37)48(39)41/h1-29H. The van der Waals surface area contributed by atoms with Crippen molar-refractivity contribution in [3.63, 3.8) is 0 Å². The van der Waals surface area contributed by atoms with Crippen LogP contribution in [0.3, 0.4) is 0 Å². The third kappa shape index (κ3) is 4.84. The predicted molar refractivity (Wildman–Crippen MR) is 222 cm³/mol. The summed E-state index contributed by atoms with van der Waals surface area (Å²) in [7, 11) is 0. The molecule has 0 atom stereocenters. The fraction of sp³-hybridized carbons (Fsp3) is 0. The zero-order valence-electron chi connectivity index (χ0n) is 28.5. The number of hydrogen-bond acceptors (Lipinski definition) is 4. The first-order chi connectivity index (χ1) is 26.3. The second-order valence-electron chi connectivity index (χ2n) is 13.6. The highest BCUT2D eigenvalue weighted by molar-refractivity contribution is 7.25. The molecule has 0 fully saturated rings. The molecule has 0 radical (unpaired) electrons. The maximum Gasteiger partial charge on any atom is 0.161 e. The Morgan fingerprint density at radius 3 is 1.83 bits per heavy atom. The third-order valence-corrected chi connectivity index (χ3v) is 11.7. The Balaban J connectivity index is 1.08. The van der Waals surface area contributed by atoms with Crippen LogP contribution in [0.25, 0.3) is 109 Å². The van der Waals surface area contributed by atoms with Crippen molar-refractivity contribution in [2.45, 2.75) is 0 Å². The average molecular weight is 692 g/mol. The van der Waals surface area contributed by atoms with Crippen molar-refractivity contribution in [3.8, 4) is 78.4 Å². The lowest BCUT2D eigenvalue weighted by Crippen LogP contribution is -1.98. The minimum atomic E-state index is 0.683. The van der Waals surface area contributed by atoms with Crippen molar-refractivity contribution in [2.75, 3.05) is 0 Å². The number of aromatic nitrogens is 3. The molecule has 0 saturated heterocycles. The van der Waals surface area contributed by atoms with Crippen LogP contribution < -0.4 is 0 Å². The molecule has 10 aromatic rings. The molecule has 3 aromatic heterocycles. The molecule has 7 aromatic carbocycles. The molecule has 1 aliphatic rings. The molecule has 3 heterocycles. The fourth-order valence-electron chi connectivity index (χ4n) is 8.08. The van der Waals surface area contributed by atoms with E-state index in [0.717, 1.165) is 39.2 Å². The van der Waals surface area contributed by atoms with Crippen molar-refractivity contribution >= 4 is 42.3 Å². The molecule has 0 unspecified atom stereocenters. The van der Waals surface area contributed by atoms with Gasteiger partial charge in [-0.25, -0.2) is 9.97 Å². The lowest BCUT2D eigenvalue weighted by atomic mass is 9.95. The smallest absolute Gasteiger partial charge is 0.161 e. The number of fused-ring (bicyclic) bond motifs is 6. The highest BCUT2D eigenvalue weighted by atomic mass is 32.1. The van der Waals surface area contributed by atoms with Gasteiger partial charge < -0.3 is 0 Å². The lowest BCUT2D eigenvalue weighted by molar-refractivity contribution is 1.18. The minimum absolute atomic E-state index is 0.683. The molecule has 1 aliphatic carbocycles. The van der Waals surface area contributed by atoms with Crippen molar-refractivity contribution in [2.24, 2.45) is 0 Å². The van der Waals surface area contributed by atoms with E-state index in [1.807, 2.05) is 23.6 Å². The first kappa shape index (κ1) is 29.9. The van der Waals surface area contributed by atoms with Gasteiger partial charge in [-0.05, 0) is 80.0 Å². The quantitative estimate of drug-likeness (QED) is 0.180. The SMILES string of the molecule is c1cncc(-c2ccccc2-c2nc(-c3ccc(-c4ccc5sc6ccccc6c5c4)cc3)cc(-c3ccc4c5c(cccc35)-c3ccccc3-4)n2)c1. The van der Waals surface area contributed by atoms with Gasteiger partial charge in [0.25, 0.3) is 0 Å². The first-order valence-electron chi connectivity index (χ1n) is 17.8. The predicted octanol–water partition coefficient (Wildman–Crippen LogP) is 13.4. The van der Waals surface area contributed by atoms with Crippen LogP contribution in [0, 0.1) is 0 Å². The van der Waals surface area contributed by atoms with Crippen LogP contribution in [-0.4, -0.2) is 15.0 Å². The normalized spacial score (nSPS) is 11.8. The average Bonchev–Trinajstić information content (AvgIpc) is 3.77. The summed E-state index contributed by atoms with van der Waals surface area (Å²) in [5.74, 6) is 0.683. The van der Waals surface area contributed by atoms with E-state index < -0.39 is 0 Å². The maximum atomic E-state index is 5.35. The van der Waals surface area contributed by atoms with E-state index in [0.29, 0.717) is 5.82 Å². The summed E-state index contributed by atoms with van der Waals surface area (Å²) >= 11 is 1.85. The van der Waals surface area contributed by atoms with E-state index in [-0.39, 0.29) is 0 Å². The maximum absolute atomic E-state index is 5.35. The Bertz CT molecular complexity index is 3020. The van der Waals surface area contributed by atoms with Crippen molar-refractivity contribution in [3.05, 3.63) is 176 Å². The van der Waals surface area contributed by atoms with E-state index in [1.54, 1.807) is 6.20 Å². The third-order valence-electron chi connectivity index (χ3n) is 10.6. The van der Waals surface area contributed by atoms with Crippen LogP contribution in [0.5, 0.6) is 0 Å². The van der Waals surface area contributed by atoms with Gasteiger partial charge in [0.15, 0.2) is 5.82 Å². The van der Waals surface area contributed by atoms with Gasteiger partial charge >= 0.3 is 0 Å². The summed E-state index contributed by atoms with van der Waals surface area (Å²) < 4.78 is 2.63. The molecule has 0 saturated carbocycles. The van der Waals surface area contributed by atoms with Gasteiger partial charge in [-0.2, -0.15) is 0 Å². The Kier molecular flexibility index (Phi) is 6.73. The highest BCUT2D eigenvalue weighted by Crippen LogP contribution is 2.49. The van der Waals surface area contributed by atoms with Gasteiger partial charge in [0.2, 0.25) is 0 Å². The van der Waals surface area contributed by atoms with Crippen molar-refractivity contribution < 1.29 is 0 Å². The monoisotopic (exact) mass is 691 g/mol. The summed E-state index contributed by atoms with van der Waals surface area (Å²) in [6.07, 6.45) is 3.71. The molecule has 0 spiro atoms. The van der Waals surface area contributed by atoms with E-state index in [4.69, 9.17) is 9.97 Å². The number of hydrogen-bond donors (Lipinski definition) is 0. The second kappa shape index (κ2) is 11.9. The van der Waals surface area contributed by atoms with E-state index >= 15 is 0 Å². The molecule has 246 valence electrons. The van der Waals surface area contributed by atoms with Gasteiger partial charge in [-0.3, -0.25) is 4.98 Å². The number of pyridine rings is 1. The number of rotatable bonds is 5. The van der Waals surface area contributed by atoms with Crippen LogP contribution in [0.2, 0.25) is 0 Å². The van der Waals surface area contributed by atoms with Gasteiger partial charge in [-0.15, -0.1) is 11.3 Å². The van der Waals surface area contributed by atoms with E-state index in [2.05, 4.69) is 163 Å². The molecule has 0 aliphatic heterocycles. The zero-order chi connectivity index (χ0) is 34.9. The van der Waals surface area contributed by atoms with Crippen molar-refractivity contribution in [1.29, 1.82) is 0 Å². The molecule has 0 amide bonds. The van der Waals surface area contributed by atoms with Crippen molar-refractivity contribution in [1.82, 2.24) is 15.0 Å². The number of nitrogens with zero attached hydrogens (tertiary/aromatic N) is 3. The number of benzene rings is 7. The zero-order valence-corrected chi connectivity index (χ0v) is 29.3. The Morgan fingerprint density at radius 2 is 1.00 bits per heavy atom. The molecule has 11 rings (SSSR count). The van der Waals surface area contributed by atoms with Crippen LogP contribution >= 0.6 is 11.3 Å². The van der Waals surface area contributed by atoms with Gasteiger partial charge in [0.1, 0.15) is 0 Å². The fourth-order valence-corrected chi connectivity index (χ4v) is 9.16. The minimum Gasteiger partial charge on any atom is -0.264 e. The second-order valence-corrected chi connectivity index (χ2v) is 14.7. The van der Waals surface area contributed by atoms with Gasteiger partial charge in [0.05, 0.1) is 11.4 Å². The summed E-state index contributed by atoms with van der Waals surface area (Å²) in [6, 6.07) is 58.7. The summed E-state index contributed by atoms with van der Waals surface area (Å²) in [5, 5.41) is 5.09. The Hall–Kier alpha value is -6.75. The van der Waals surface area contributed by atoms with E-state index in [9.17, 15) is 0 Å². The number of thiophene rings is 1. The Labute approximate surface area is 310 Å². The van der Waals surface area contributed by atoms with Gasteiger partial charge in [0, 0.05) is 54.8 Å². The van der Waals surface area contributed by atoms with E-state index in [1.165, 1.54) is 64.3 Å². The molecule has 53 heavy (non-hydrogen) atoms. The molecular formula is C49H29N3S. The molecular weight excluding hydrogens is 663 g/mol. The Morgan fingerprint density at radius 1 is 0.358 bits per heavy atom. The van der Waals surface area contributed by atoms with Crippen LogP contribution in [0.4, 0.5) is 0 Å². The van der Waals surface area contributed by atoms with Crippen LogP contribution in [0.15, 0.2) is 176 Å². The van der Waals surface area contributed by atoms with Crippen LogP contribution in [0.1, 0.15) is 0 Å².